The van der Waals surface area contributed by atoms with Crippen LogP contribution in [0.25, 0.3) is 10.1 Å². The minimum Gasteiger partial charge on any atom is -0.493 e. The normalized spacial score (nSPS) is 12.8. The van der Waals surface area contributed by atoms with Crippen LogP contribution in [-0.4, -0.2) is 98.2 Å². The molecule has 0 unspecified atom stereocenters. The van der Waals surface area contributed by atoms with E-state index in [2.05, 4.69) is 10.6 Å². The van der Waals surface area contributed by atoms with Gasteiger partial charge in [-0.05, 0) is 43.4 Å². The summed E-state index contributed by atoms with van der Waals surface area (Å²) in [6, 6.07) is 4.60. The molecule has 1 aromatic heterocycles. The van der Waals surface area contributed by atoms with Gasteiger partial charge < -0.3 is 39.2 Å². The molecule has 0 saturated carbocycles. The molecule has 0 spiro atoms. The number of fused-ring (bicyclic) bond motifs is 2. The zero-order valence-corrected chi connectivity index (χ0v) is 40.3. The van der Waals surface area contributed by atoms with Crippen molar-refractivity contribution in [1.82, 2.24) is 20.4 Å². The lowest BCUT2D eigenvalue weighted by Gasteiger charge is -2.27. The number of hydrogen-bond acceptors (Lipinski definition) is 13. The Bertz CT molecular complexity index is 2330. The average molecular weight is 957 g/mol. The predicted octanol–water partition coefficient (Wildman–Crippen LogP) is 7.31. The van der Waals surface area contributed by atoms with Crippen molar-refractivity contribution in [2.24, 2.45) is 5.41 Å². The Labute approximate surface area is 393 Å². The van der Waals surface area contributed by atoms with Gasteiger partial charge in [0.1, 0.15) is 12.6 Å². The van der Waals surface area contributed by atoms with E-state index in [1.807, 2.05) is 27.7 Å². The summed E-state index contributed by atoms with van der Waals surface area (Å²) in [5, 5.41) is 5.31. The van der Waals surface area contributed by atoms with Gasteiger partial charge in [0.05, 0.1) is 45.3 Å². The van der Waals surface area contributed by atoms with Crippen molar-refractivity contribution in [2.45, 2.75) is 119 Å². The van der Waals surface area contributed by atoms with Crippen LogP contribution in [-0.2, 0) is 46.6 Å². The molecule has 2 heterocycles. The highest BCUT2D eigenvalue weighted by Gasteiger charge is 2.31. The first-order valence-corrected chi connectivity index (χ1v) is 23.1. The van der Waals surface area contributed by atoms with Gasteiger partial charge in [0.2, 0.25) is 30.0 Å². The maximum atomic E-state index is 15.9. The molecular formula is C48H62F2N4O12S. The Kier molecular flexibility index (Phi) is 20.1. The van der Waals surface area contributed by atoms with Crippen molar-refractivity contribution < 1.29 is 66.0 Å². The number of carbonyl (C=O) groups excluding carboxylic acids is 7. The molecule has 2 aromatic carbocycles. The summed E-state index contributed by atoms with van der Waals surface area (Å²) >= 11 is 1.03. The predicted molar refractivity (Wildman–Crippen MR) is 246 cm³/mol. The van der Waals surface area contributed by atoms with E-state index in [1.54, 1.807) is 30.9 Å². The molecule has 3 aromatic rings. The summed E-state index contributed by atoms with van der Waals surface area (Å²) in [6.07, 6.45) is 3.34. The molecule has 2 N–H and O–H groups in total. The standard InChI is InChI=1S/C48H62F2N4O12S/c1-9-13-41(59)53-25-31-20-35(62-7)46(45(50)33(31)26-53)64-18-12-19-65-47-36(63-8)22-37-32(44(47)49)21-38(67-37)34(56)15-17-43(61)66-30(5)24-51-39(57)16-14-29(4)52-40(58)27-54(28-55)42(60)23-48(6,10-2)11-3/h14,20-22,28,30H,9-13,15-19,23-27H2,1-8H3,(H,51,57)(H,52,58)/b29-14+/t30-/m0/s1. The number of Topliss-reactive ketones (excluding diaryl/α,β-unsaturated/α-hetero) is 1. The number of imide groups is 1. The number of methoxy groups -OCH3 is 2. The Morgan fingerprint density at radius 2 is 1.57 bits per heavy atom. The van der Waals surface area contributed by atoms with Gasteiger partial charge in [0.25, 0.3) is 0 Å². The minimum atomic E-state index is -0.749. The number of benzene rings is 2. The quantitative estimate of drug-likeness (QED) is 0.0335. The van der Waals surface area contributed by atoms with E-state index in [0.717, 1.165) is 29.1 Å². The second kappa shape index (κ2) is 25.1. The second-order valence-electron chi connectivity index (χ2n) is 16.6. The highest BCUT2D eigenvalue weighted by atomic mass is 32.1. The van der Waals surface area contributed by atoms with Gasteiger partial charge in [0.15, 0.2) is 40.4 Å². The van der Waals surface area contributed by atoms with Crippen LogP contribution in [0.2, 0.25) is 0 Å². The third-order valence-corrected chi connectivity index (χ3v) is 12.7. The number of allylic oxidation sites excluding steroid dienone is 1. The van der Waals surface area contributed by atoms with E-state index in [-0.39, 0.29) is 110 Å². The number of thiophene rings is 1. The fraction of sp³-hybridized carbons (Fsp3) is 0.521. The zero-order valence-electron chi connectivity index (χ0n) is 39.5. The number of carbonyl (C=O) groups is 7. The van der Waals surface area contributed by atoms with Crippen molar-refractivity contribution in [1.29, 1.82) is 0 Å². The molecule has 0 saturated heterocycles. The van der Waals surface area contributed by atoms with Gasteiger partial charge in [-0.3, -0.25) is 38.5 Å². The number of nitrogens with one attached hydrogen (secondary N) is 2. The Balaban J connectivity index is 1.21. The van der Waals surface area contributed by atoms with Crippen LogP contribution in [0.4, 0.5) is 8.78 Å². The molecule has 0 radical (unpaired) electrons. The molecule has 19 heteroatoms. The average Bonchev–Trinajstić information content (AvgIpc) is 3.95. The second-order valence-corrected chi connectivity index (χ2v) is 17.7. The molecule has 16 nitrogen and oxygen atoms in total. The summed E-state index contributed by atoms with van der Waals surface area (Å²) in [6.45, 7) is 10.8. The molecule has 0 bridgehead atoms. The fourth-order valence-electron chi connectivity index (χ4n) is 7.08. The van der Waals surface area contributed by atoms with Gasteiger partial charge in [-0.25, -0.2) is 8.78 Å². The van der Waals surface area contributed by atoms with Crippen molar-refractivity contribution in [3.05, 3.63) is 57.6 Å². The number of ether oxygens (including phenoxy) is 5. The Morgan fingerprint density at radius 3 is 2.19 bits per heavy atom. The summed E-state index contributed by atoms with van der Waals surface area (Å²) < 4.78 is 59.5. The lowest BCUT2D eigenvalue weighted by molar-refractivity contribution is -0.148. The number of esters is 1. The molecule has 4 rings (SSSR count). The van der Waals surface area contributed by atoms with E-state index < -0.39 is 53.8 Å². The first kappa shape index (κ1) is 53.5. The van der Waals surface area contributed by atoms with E-state index in [9.17, 15) is 33.6 Å². The van der Waals surface area contributed by atoms with E-state index in [4.69, 9.17) is 23.7 Å². The maximum absolute atomic E-state index is 15.9. The van der Waals surface area contributed by atoms with E-state index in [0.29, 0.717) is 40.8 Å². The number of amides is 5. The summed E-state index contributed by atoms with van der Waals surface area (Å²) in [4.78, 5) is 89.9. The van der Waals surface area contributed by atoms with Gasteiger partial charge in [0, 0.05) is 72.6 Å². The van der Waals surface area contributed by atoms with Gasteiger partial charge >= 0.3 is 5.97 Å². The summed E-state index contributed by atoms with van der Waals surface area (Å²) in [7, 11) is 2.75. The maximum Gasteiger partial charge on any atom is 0.306 e. The monoisotopic (exact) mass is 956 g/mol. The number of hydrogen-bond donors (Lipinski definition) is 2. The molecule has 5 amide bonds. The molecular weight excluding hydrogens is 895 g/mol. The first-order valence-electron chi connectivity index (χ1n) is 22.3. The van der Waals surface area contributed by atoms with E-state index >= 15 is 8.78 Å². The molecule has 0 fully saturated rings. The smallest absolute Gasteiger partial charge is 0.306 e. The fourth-order valence-corrected chi connectivity index (χ4v) is 8.14. The SMILES string of the molecule is CCCC(=O)N1Cc2cc(OC)c(OCCCOc3c(OC)cc4sc(C(=O)CCC(=O)O[C@@H](C)CNC(=O)C/C=C(\C)NC(=O)CN(C=O)C(=O)CC(C)(CC)CC)cc4c3F)c(F)c2C1. The van der Waals surface area contributed by atoms with Crippen LogP contribution < -0.4 is 29.6 Å². The van der Waals surface area contributed by atoms with Crippen molar-refractivity contribution in [2.75, 3.05) is 40.5 Å². The number of ketones is 1. The number of halogens is 2. The van der Waals surface area contributed by atoms with Crippen molar-refractivity contribution >= 4 is 63.2 Å². The van der Waals surface area contributed by atoms with Crippen LogP contribution in [0.1, 0.15) is 120 Å². The van der Waals surface area contributed by atoms with Crippen LogP contribution in [0.15, 0.2) is 30.0 Å². The van der Waals surface area contributed by atoms with Crippen LogP contribution in [0.5, 0.6) is 23.0 Å². The van der Waals surface area contributed by atoms with Gasteiger partial charge in [-0.15, -0.1) is 11.3 Å². The Hall–Kier alpha value is -6.11. The van der Waals surface area contributed by atoms with Crippen molar-refractivity contribution in [3.8, 4) is 23.0 Å². The van der Waals surface area contributed by atoms with Crippen LogP contribution >= 0.6 is 11.3 Å². The number of nitrogens with zero attached hydrogens (tertiary/aromatic N) is 2. The first-order chi connectivity index (χ1) is 31.9. The molecule has 1 aliphatic rings. The molecule has 366 valence electrons. The third-order valence-electron chi connectivity index (χ3n) is 11.5. The van der Waals surface area contributed by atoms with E-state index in [1.165, 1.54) is 26.4 Å². The third kappa shape index (κ3) is 14.7. The lowest BCUT2D eigenvalue weighted by atomic mass is 9.81. The van der Waals surface area contributed by atoms with Gasteiger partial charge in [-0.1, -0.05) is 46.6 Å². The molecule has 1 atom stereocenters. The molecule has 1 aliphatic heterocycles. The summed E-state index contributed by atoms with van der Waals surface area (Å²) in [5.41, 5.74) is 1.09. The largest absolute Gasteiger partial charge is 0.493 e. The summed E-state index contributed by atoms with van der Waals surface area (Å²) in [5.74, 6) is -3.94. The van der Waals surface area contributed by atoms with Gasteiger partial charge in [-0.2, -0.15) is 0 Å². The van der Waals surface area contributed by atoms with Crippen molar-refractivity contribution in [3.63, 3.8) is 0 Å². The zero-order chi connectivity index (χ0) is 49.4. The minimum absolute atomic E-state index is 0.00143. The highest BCUT2D eigenvalue weighted by Crippen LogP contribution is 2.41. The lowest BCUT2D eigenvalue weighted by Crippen LogP contribution is -2.41. The molecule has 0 aliphatic carbocycles. The van der Waals surface area contributed by atoms with Crippen LogP contribution in [0, 0.1) is 17.0 Å². The van der Waals surface area contributed by atoms with Crippen LogP contribution in [0.3, 0.4) is 0 Å². The number of rotatable bonds is 27. The highest BCUT2D eigenvalue weighted by molar-refractivity contribution is 7.20. The Morgan fingerprint density at radius 1 is 0.910 bits per heavy atom. The molecule has 67 heavy (non-hydrogen) atoms. The topological polar surface area (TPSA) is 196 Å².